The summed E-state index contributed by atoms with van der Waals surface area (Å²) in [5.41, 5.74) is 0.911. The number of hydrogen-bond donors (Lipinski definition) is 1. The van der Waals surface area contributed by atoms with Crippen molar-refractivity contribution >= 4 is 23.1 Å². The van der Waals surface area contributed by atoms with Crippen molar-refractivity contribution in [3.05, 3.63) is 40.1 Å². The van der Waals surface area contributed by atoms with E-state index in [9.17, 15) is 10.1 Å². The molecule has 1 aromatic heterocycles. The Balaban J connectivity index is 1.99. The molecule has 1 N–H and O–H groups in total. The number of nitrogens with zero attached hydrogens (tertiary/aromatic N) is 4. The van der Waals surface area contributed by atoms with Crippen LogP contribution in [0, 0.1) is 23.0 Å². The number of benzene rings is 1. The van der Waals surface area contributed by atoms with Gasteiger partial charge in [-0.25, -0.2) is 4.98 Å². The maximum atomic E-state index is 11.5. The summed E-state index contributed by atoms with van der Waals surface area (Å²) in [5, 5.41) is 14.6. The molecular weight excluding hydrogens is 334 g/mol. The fourth-order valence-corrected chi connectivity index (χ4v) is 3.21. The lowest BCUT2D eigenvalue weighted by Gasteiger charge is -2.31. The van der Waals surface area contributed by atoms with Crippen molar-refractivity contribution in [1.82, 2.24) is 9.97 Å². The lowest BCUT2D eigenvalue weighted by atomic mass is 10.0. The van der Waals surface area contributed by atoms with Gasteiger partial charge < -0.3 is 15.0 Å². The number of methoxy groups -OCH3 is 1. The van der Waals surface area contributed by atoms with Crippen molar-refractivity contribution in [3.63, 3.8) is 0 Å². The number of aromatic nitrogens is 2. The molecule has 0 amide bonds. The van der Waals surface area contributed by atoms with Gasteiger partial charge in [0.05, 0.1) is 12.0 Å². The van der Waals surface area contributed by atoms with Gasteiger partial charge in [0.15, 0.2) is 0 Å². The minimum atomic E-state index is -0.444. The van der Waals surface area contributed by atoms with Crippen molar-refractivity contribution < 1.29 is 9.66 Å². The molecule has 1 aliphatic heterocycles. The van der Waals surface area contributed by atoms with Crippen LogP contribution in [0.25, 0.3) is 0 Å². The van der Waals surface area contributed by atoms with Crippen LogP contribution in [-0.2, 0) is 0 Å². The molecule has 1 aliphatic rings. The van der Waals surface area contributed by atoms with Crippen molar-refractivity contribution in [3.8, 4) is 5.75 Å². The summed E-state index contributed by atoms with van der Waals surface area (Å²) in [6.07, 6.45) is 2.25. The Hall–Kier alpha value is -2.90. The van der Waals surface area contributed by atoms with Crippen LogP contribution in [0.5, 0.6) is 5.75 Å². The Kier molecular flexibility index (Phi) is 5.20. The molecule has 2 aromatic rings. The fraction of sp³-hybridized carbons (Fsp3) is 0.444. The summed E-state index contributed by atoms with van der Waals surface area (Å²) in [5.74, 6) is 1.94. The first-order chi connectivity index (χ1) is 12.5. The van der Waals surface area contributed by atoms with Crippen molar-refractivity contribution in [1.29, 1.82) is 0 Å². The van der Waals surface area contributed by atoms with Gasteiger partial charge in [0, 0.05) is 24.8 Å². The van der Waals surface area contributed by atoms with Crippen molar-refractivity contribution in [2.24, 2.45) is 5.92 Å². The molecule has 2 heterocycles. The molecule has 0 saturated carbocycles. The monoisotopic (exact) mass is 357 g/mol. The first-order valence-electron chi connectivity index (χ1n) is 8.67. The van der Waals surface area contributed by atoms with E-state index in [1.807, 2.05) is 18.2 Å². The third kappa shape index (κ3) is 3.84. The Morgan fingerprint density at radius 3 is 2.88 bits per heavy atom. The molecule has 1 atom stereocenters. The molecule has 0 radical (unpaired) electrons. The smallest absolute Gasteiger partial charge is 0.332 e. The lowest BCUT2D eigenvalue weighted by Crippen LogP contribution is -2.35. The number of nitro groups is 1. The molecule has 1 fully saturated rings. The highest BCUT2D eigenvalue weighted by atomic mass is 16.6. The van der Waals surface area contributed by atoms with Crippen LogP contribution < -0.4 is 15.0 Å². The lowest BCUT2D eigenvalue weighted by molar-refractivity contribution is -0.385. The molecule has 1 saturated heterocycles. The Morgan fingerprint density at radius 1 is 1.38 bits per heavy atom. The van der Waals surface area contributed by atoms with Crippen LogP contribution in [0.3, 0.4) is 0 Å². The first-order valence-corrected chi connectivity index (χ1v) is 8.67. The van der Waals surface area contributed by atoms with Gasteiger partial charge in [-0.05, 0) is 37.8 Å². The minimum absolute atomic E-state index is 0.110. The molecule has 8 heteroatoms. The second-order valence-corrected chi connectivity index (χ2v) is 6.61. The van der Waals surface area contributed by atoms with E-state index in [1.54, 1.807) is 20.1 Å². The number of piperidine rings is 1. The van der Waals surface area contributed by atoms with Gasteiger partial charge in [-0.2, -0.15) is 4.98 Å². The number of nitrogens with one attached hydrogen (secondary N) is 1. The minimum Gasteiger partial charge on any atom is -0.497 e. The van der Waals surface area contributed by atoms with Crippen molar-refractivity contribution in [2.45, 2.75) is 26.7 Å². The van der Waals surface area contributed by atoms with Crippen LogP contribution in [0.4, 0.5) is 23.1 Å². The van der Waals surface area contributed by atoms with E-state index in [-0.39, 0.29) is 11.5 Å². The van der Waals surface area contributed by atoms with Crippen molar-refractivity contribution in [2.75, 3.05) is 30.4 Å². The van der Waals surface area contributed by atoms with Crippen LogP contribution in [0.1, 0.15) is 25.5 Å². The standard InChI is InChI=1S/C18H23N5O3/c1-12-6-5-9-22(11-12)18-19-13(2)16(23(24)25)17(21-18)20-14-7-4-8-15(10-14)26-3/h4,7-8,10,12H,5-6,9,11H2,1-3H3,(H,19,20,21). The number of rotatable bonds is 5. The van der Waals surface area contributed by atoms with E-state index in [4.69, 9.17) is 4.74 Å². The van der Waals surface area contributed by atoms with Crippen LogP contribution in [-0.4, -0.2) is 35.1 Å². The normalized spacial score (nSPS) is 17.0. The number of aryl methyl sites for hydroxylation is 1. The van der Waals surface area contributed by atoms with E-state index < -0.39 is 4.92 Å². The topological polar surface area (TPSA) is 93.4 Å². The SMILES string of the molecule is COc1cccc(Nc2nc(N3CCCC(C)C3)nc(C)c2[N+](=O)[O-])c1. The van der Waals surface area contributed by atoms with Crippen LogP contribution in [0.2, 0.25) is 0 Å². The largest absolute Gasteiger partial charge is 0.497 e. The summed E-state index contributed by atoms with van der Waals surface area (Å²) < 4.78 is 5.21. The van der Waals surface area contributed by atoms with Gasteiger partial charge >= 0.3 is 5.69 Å². The molecule has 0 spiro atoms. The second-order valence-electron chi connectivity index (χ2n) is 6.61. The Bertz CT molecular complexity index is 811. The van der Waals surface area contributed by atoms with E-state index in [2.05, 4.69) is 27.1 Å². The molecule has 8 nitrogen and oxygen atoms in total. The van der Waals surface area contributed by atoms with Gasteiger partial charge in [0.25, 0.3) is 0 Å². The number of ether oxygens (including phenoxy) is 1. The summed E-state index contributed by atoms with van der Waals surface area (Å²) >= 11 is 0. The predicted octanol–water partition coefficient (Wildman–Crippen LogP) is 3.68. The average molecular weight is 357 g/mol. The maximum Gasteiger partial charge on any atom is 0.332 e. The average Bonchev–Trinajstić information content (AvgIpc) is 2.61. The zero-order chi connectivity index (χ0) is 18.7. The zero-order valence-corrected chi connectivity index (χ0v) is 15.2. The Morgan fingerprint density at radius 2 is 2.19 bits per heavy atom. The molecule has 3 rings (SSSR count). The van der Waals surface area contributed by atoms with Gasteiger partial charge in [-0.3, -0.25) is 10.1 Å². The predicted molar refractivity (Wildman–Crippen MR) is 100 cm³/mol. The van der Waals surface area contributed by atoms with Crippen LogP contribution >= 0.6 is 0 Å². The second kappa shape index (κ2) is 7.55. The molecule has 1 aromatic carbocycles. The fourth-order valence-electron chi connectivity index (χ4n) is 3.21. The summed E-state index contributed by atoms with van der Waals surface area (Å²) in [6, 6.07) is 7.20. The van der Waals surface area contributed by atoms with Gasteiger partial charge in [0.1, 0.15) is 11.4 Å². The van der Waals surface area contributed by atoms with Gasteiger partial charge in [-0.15, -0.1) is 0 Å². The molecule has 138 valence electrons. The molecule has 0 bridgehead atoms. The summed E-state index contributed by atoms with van der Waals surface area (Å²) in [4.78, 5) is 22.1. The molecule has 0 aliphatic carbocycles. The van der Waals surface area contributed by atoms with E-state index in [0.717, 1.165) is 19.5 Å². The van der Waals surface area contributed by atoms with E-state index >= 15 is 0 Å². The maximum absolute atomic E-state index is 11.5. The van der Waals surface area contributed by atoms with Crippen LogP contribution in [0.15, 0.2) is 24.3 Å². The first kappa shape index (κ1) is 17.9. The quantitative estimate of drug-likeness (QED) is 0.644. The molecule has 1 unspecified atom stereocenters. The third-order valence-electron chi connectivity index (χ3n) is 4.50. The zero-order valence-electron chi connectivity index (χ0n) is 15.2. The summed E-state index contributed by atoms with van der Waals surface area (Å²) in [6.45, 7) is 5.56. The van der Waals surface area contributed by atoms with E-state index in [1.165, 1.54) is 6.42 Å². The summed E-state index contributed by atoms with van der Waals surface area (Å²) in [7, 11) is 1.58. The van der Waals surface area contributed by atoms with Gasteiger partial charge in [-0.1, -0.05) is 13.0 Å². The highest BCUT2D eigenvalue weighted by molar-refractivity contribution is 5.69. The Labute approximate surface area is 152 Å². The van der Waals surface area contributed by atoms with Gasteiger partial charge in [0.2, 0.25) is 11.8 Å². The van der Waals surface area contributed by atoms with E-state index in [0.29, 0.717) is 29.0 Å². The highest BCUT2D eigenvalue weighted by Crippen LogP contribution is 2.32. The number of anilines is 3. The molecule has 26 heavy (non-hydrogen) atoms. The third-order valence-corrected chi connectivity index (χ3v) is 4.50. The number of hydrogen-bond acceptors (Lipinski definition) is 7. The highest BCUT2D eigenvalue weighted by Gasteiger charge is 2.26. The molecular formula is C18H23N5O3.